The van der Waals surface area contributed by atoms with Gasteiger partial charge in [0.25, 0.3) is 0 Å². The minimum Gasteiger partial charge on any atom is -0.454 e. The van der Waals surface area contributed by atoms with E-state index in [0.717, 1.165) is 33.8 Å². The highest BCUT2D eigenvalue weighted by Crippen LogP contribution is 2.43. The summed E-state index contributed by atoms with van der Waals surface area (Å²) in [6.07, 6.45) is 3.48. The largest absolute Gasteiger partial charge is 0.454 e. The van der Waals surface area contributed by atoms with Crippen LogP contribution in [0.25, 0.3) is 11.2 Å². The van der Waals surface area contributed by atoms with E-state index < -0.39 is 17.7 Å². The highest BCUT2D eigenvalue weighted by molar-refractivity contribution is 9.10. The van der Waals surface area contributed by atoms with Crippen molar-refractivity contribution in [3.8, 4) is 11.5 Å². The standard InChI is InChI=1S/C27H34BrN7O5S/c1-15(32-26(37)40-27(2,3)4)24(36)34-8-5-16(6-9-34)7-10-35-23-21(22(29)30-13-31-23)33-25(35)41-20-12-19-18(11-17(20)28)38-14-39-19/h11-13,15-16H,5-10,14H2,1-4H3,(H,32,37)(H2,29,30,31)/t15-/m0/s1. The summed E-state index contributed by atoms with van der Waals surface area (Å²) >= 11 is 5.13. The molecule has 5 rings (SSSR count). The van der Waals surface area contributed by atoms with Gasteiger partial charge in [0.05, 0.1) is 0 Å². The molecule has 1 atom stereocenters. The van der Waals surface area contributed by atoms with Gasteiger partial charge in [0.15, 0.2) is 33.6 Å². The summed E-state index contributed by atoms with van der Waals surface area (Å²) in [6.45, 7) is 9.21. The number of fused-ring (bicyclic) bond motifs is 2. The first-order chi connectivity index (χ1) is 19.5. The van der Waals surface area contributed by atoms with Crippen molar-refractivity contribution in [3.63, 3.8) is 0 Å². The Balaban J connectivity index is 1.23. The van der Waals surface area contributed by atoms with Crippen LogP contribution in [-0.2, 0) is 16.1 Å². The molecule has 0 spiro atoms. The summed E-state index contributed by atoms with van der Waals surface area (Å²) < 4.78 is 19.3. The number of likely N-dealkylation sites (tertiary alicyclic amines) is 1. The number of piperidine rings is 1. The Morgan fingerprint density at radius 1 is 1.22 bits per heavy atom. The maximum atomic E-state index is 12.9. The predicted octanol–water partition coefficient (Wildman–Crippen LogP) is 4.59. The number of imidazole rings is 1. The van der Waals surface area contributed by atoms with E-state index in [9.17, 15) is 9.59 Å². The molecular weight excluding hydrogens is 614 g/mol. The van der Waals surface area contributed by atoms with Gasteiger partial charge >= 0.3 is 6.09 Å². The zero-order chi connectivity index (χ0) is 29.3. The molecule has 0 saturated carbocycles. The van der Waals surface area contributed by atoms with E-state index in [1.165, 1.54) is 18.1 Å². The number of nitrogens with two attached hydrogens (primary N) is 1. The van der Waals surface area contributed by atoms with Gasteiger partial charge in [-0.3, -0.25) is 4.79 Å². The number of carbonyl (C=O) groups is 2. The third-order valence-electron chi connectivity index (χ3n) is 6.94. The fourth-order valence-electron chi connectivity index (χ4n) is 4.86. The quantitative estimate of drug-likeness (QED) is 0.373. The lowest BCUT2D eigenvalue weighted by atomic mass is 9.93. The maximum Gasteiger partial charge on any atom is 0.408 e. The summed E-state index contributed by atoms with van der Waals surface area (Å²) in [5.41, 5.74) is 6.78. The zero-order valence-electron chi connectivity index (χ0n) is 23.5. The topological polar surface area (TPSA) is 147 Å². The second-order valence-corrected chi connectivity index (χ2v) is 13.0. The molecule has 2 aliphatic rings. The predicted molar refractivity (Wildman–Crippen MR) is 157 cm³/mol. The fraction of sp³-hybridized carbons (Fsp3) is 0.519. The van der Waals surface area contributed by atoms with Gasteiger partial charge in [-0.15, -0.1) is 0 Å². The number of aromatic nitrogens is 4. The molecule has 4 heterocycles. The number of halogens is 1. The summed E-state index contributed by atoms with van der Waals surface area (Å²) in [4.78, 5) is 41.2. The van der Waals surface area contributed by atoms with Gasteiger partial charge in [-0.25, -0.2) is 19.7 Å². The Morgan fingerprint density at radius 3 is 2.63 bits per heavy atom. The van der Waals surface area contributed by atoms with Crippen LogP contribution in [0.15, 0.2) is 33.0 Å². The van der Waals surface area contributed by atoms with Crippen LogP contribution in [0.3, 0.4) is 0 Å². The number of alkyl carbamates (subject to hydrolysis) is 1. The first-order valence-electron chi connectivity index (χ1n) is 13.5. The van der Waals surface area contributed by atoms with Crippen LogP contribution in [0.4, 0.5) is 10.6 Å². The molecular formula is C27H34BrN7O5S. The highest BCUT2D eigenvalue weighted by atomic mass is 79.9. The van der Waals surface area contributed by atoms with E-state index in [1.807, 2.05) is 17.0 Å². The van der Waals surface area contributed by atoms with E-state index in [0.29, 0.717) is 54.0 Å². The van der Waals surface area contributed by atoms with Crippen molar-refractivity contribution in [3.05, 3.63) is 22.9 Å². The molecule has 3 aromatic rings. The average molecular weight is 649 g/mol. The van der Waals surface area contributed by atoms with E-state index in [1.54, 1.807) is 27.7 Å². The first-order valence-corrected chi connectivity index (χ1v) is 15.1. The lowest BCUT2D eigenvalue weighted by molar-refractivity contribution is -0.134. The maximum absolute atomic E-state index is 12.9. The minimum atomic E-state index is -0.654. The lowest BCUT2D eigenvalue weighted by Crippen LogP contribution is -2.50. The number of hydrogen-bond acceptors (Lipinski definition) is 10. The van der Waals surface area contributed by atoms with Crippen LogP contribution in [0.1, 0.15) is 47.0 Å². The monoisotopic (exact) mass is 647 g/mol. The summed E-state index contributed by atoms with van der Waals surface area (Å²) in [6, 6.07) is 3.17. The molecule has 2 aliphatic heterocycles. The molecule has 3 N–H and O–H groups in total. The Morgan fingerprint density at radius 2 is 1.93 bits per heavy atom. The molecule has 0 radical (unpaired) electrons. The van der Waals surface area contributed by atoms with Crippen LogP contribution in [-0.4, -0.2) is 67.9 Å². The number of anilines is 1. The molecule has 1 aromatic carbocycles. The van der Waals surface area contributed by atoms with Gasteiger partial charge in [-0.2, -0.15) is 0 Å². The fourth-order valence-corrected chi connectivity index (χ4v) is 6.37. The van der Waals surface area contributed by atoms with Crippen LogP contribution >= 0.6 is 27.7 Å². The van der Waals surface area contributed by atoms with E-state index in [-0.39, 0.29) is 12.7 Å². The molecule has 14 heteroatoms. The number of benzene rings is 1. The number of nitrogen functional groups attached to an aromatic ring is 1. The summed E-state index contributed by atoms with van der Waals surface area (Å²) in [5, 5.41) is 3.40. The molecule has 12 nitrogen and oxygen atoms in total. The third kappa shape index (κ3) is 6.80. The molecule has 1 fully saturated rings. The molecule has 2 amide bonds. The van der Waals surface area contributed by atoms with Crippen molar-refractivity contribution in [1.82, 2.24) is 29.7 Å². The Kier molecular flexibility index (Phi) is 8.50. The van der Waals surface area contributed by atoms with Crippen molar-refractivity contribution in [1.29, 1.82) is 0 Å². The van der Waals surface area contributed by atoms with Gasteiger partial charge < -0.3 is 34.7 Å². The number of rotatable bonds is 7. The summed E-state index contributed by atoms with van der Waals surface area (Å²) in [7, 11) is 0. The Bertz CT molecular complexity index is 1450. The Labute approximate surface area is 250 Å². The van der Waals surface area contributed by atoms with E-state index >= 15 is 0 Å². The molecule has 0 unspecified atom stereocenters. The molecule has 0 bridgehead atoms. The minimum absolute atomic E-state index is 0.102. The van der Waals surface area contributed by atoms with Gasteiger partial charge in [-0.1, -0.05) is 11.8 Å². The van der Waals surface area contributed by atoms with Gasteiger partial charge in [0, 0.05) is 29.0 Å². The third-order valence-corrected chi connectivity index (χ3v) is 8.91. The van der Waals surface area contributed by atoms with Crippen molar-refractivity contribution in [2.75, 3.05) is 25.6 Å². The number of carbonyl (C=O) groups excluding carboxylic acids is 2. The Hall–Kier alpha value is -3.26. The number of hydrogen-bond donors (Lipinski definition) is 2. The van der Waals surface area contributed by atoms with Crippen molar-refractivity contribution in [2.24, 2.45) is 5.92 Å². The normalized spacial score (nSPS) is 16.2. The van der Waals surface area contributed by atoms with Crippen LogP contribution < -0.4 is 20.5 Å². The zero-order valence-corrected chi connectivity index (χ0v) is 25.9. The van der Waals surface area contributed by atoms with Crippen molar-refractivity contribution >= 4 is 56.7 Å². The smallest absolute Gasteiger partial charge is 0.408 e. The van der Waals surface area contributed by atoms with Gasteiger partial charge in [-0.05, 0) is 80.9 Å². The molecule has 0 aliphatic carbocycles. The number of nitrogens with zero attached hydrogens (tertiary/aromatic N) is 5. The molecule has 41 heavy (non-hydrogen) atoms. The van der Waals surface area contributed by atoms with Crippen molar-refractivity contribution in [2.45, 2.75) is 75.2 Å². The molecule has 220 valence electrons. The first kappa shape index (κ1) is 29.2. The average Bonchev–Trinajstić information content (AvgIpc) is 3.51. The van der Waals surface area contributed by atoms with Gasteiger partial charge in [0.2, 0.25) is 12.7 Å². The van der Waals surface area contributed by atoms with Crippen LogP contribution in [0.5, 0.6) is 11.5 Å². The SMILES string of the molecule is C[C@H](NC(=O)OC(C)(C)C)C(=O)N1CCC(CCn2c(Sc3cc4c(cc3Br)OCO4)nc3c(N)ncnc32)CC1. The second-order valence-electron chi connectivity index (χ2n) is 11.1. The summed E-state index contributed by atoms with van der Waals surface area (Å²) in [5.74, 6) is 2.04. The van der Waals surface area contributed by atoms with Gasteiger partial charge in [0.1, 0.15) is 18.0 Å². The number of amides is 2. The van der Waals surface area contributed by atoms with Crippen molar-refractivity contribution < 1.29 is 23.8 Å². The number of nitrogens with one attached hydrogen (secondary N) is 1. The second kappa shape index (κ2) is 11.9. The van der Waals surface area contributed by atoms with E-state index in [4.69, 9.17) is 24.9 Å². The highest BCUT2D eigenvalue weighted by Gasteiger charge is 2.29. The lowest BCUT2D eigenvalue weighted by Gasteiger charge is -2.34. The van der Waals surface area contributed by atoms with Crippen LogP contribution in [0, 0.1) is 5.92 Å². The number of aryl methyl sites for hydroxylation is 1. The molecule has 2 aromatic heterocycles. The van der Waals surface area contributed by atoms with E-state index in [2.05, 4.69) is 35.8 Å². The van der Waals surface area contributed by atoms with Crippen LogP contribution in [0.2, 0.25) is 0 Å². The number of ether oxygens (including phenoxy) is 3. The molecule has 1 saturated heterocycles.